The van der Waals surface area contributed by atoms with Gasteiger partial charge in [-0.1, -0.05) is 11.6 Å². The molecule has 3 heterocycles. The summed E-state index contributed by atoms with van der Waals surface area (Å²) in [7, 11) is 0. The van der Waals surface area contributed by atoms with Crippen LogP contribution in [0, 0.1) is 13.8 Å². The number of fused-ring (bicyclic) bond motifs is 1. The van der Waals surface area contributed by atoms with E-state index in [1.807, 2.05) is 32.9 Å². The number of alkyl halides is 2. The third kappa shape index (κ3) is 4.28. The van der Waals surface area contributed by atoms with Crippen LogP contribution in [-0.4, -0.2) is 32.8 Å². The van der Waals surface area contributed by atoms with Crippen molar-refractivity contribution in [1.82, 2.24) is 19.3 Å². The van der Waals surface area contributed by atoms with Crippen molar-refractivity contribution in [2.24, 2.45) is 0 Å². The highest BCUT2D eigenvalue weighted by Gasteiger charge is 2.19. The smallest absolute Gasteiger partial charge is 0.295 e. The molecule has 0 radical (unpaired) electrons. The molecule has 0 saturated carbocycles. The lowest BCUT2D eigenvalue weighted by Gasteiger charge is -2.11. The number of hydrogen-bond donors (Lipinski definition) is 1. The number of carbonyl (C=O) groups excluding carboxylic acids is 1. The van der Waals surface area contributed by atoms with Gasteiger partial charge in [0.1, 0.15) is 17.2 Å². The molecule has 0 aromatic carbocycles. The van der Waals surface area contributed by atoms with Crippen LogP contribution in [0.15, 0.2) is 39.3 Å². The van der Waals surface area contributed by atoms with E-state index < -0.39 is 24.4 Å². The predicted molar refractivity (Wildman–Crippen MR) is 104 cm³/mol. The molecule has 3 rings (SSSR count). The number of furan rings is 1. The standard InChI is InChI=1S/C20H22F2N4O3/c1-11(2)5-6-26-16(14-7-12(3)29-13(14)4)10-25-9-15(24-18(25)20(26)28)19(27)23-8-17(21)22/h5,7,9-10,17H,6,8H2,1-4H3,(H,23,27). The average molecular weight is 404 g/mol. The lowest BCUT2D eigenvalue weighted by atomic mass is 10.1. The van der Waals surface area contributed by atoms with E-state index in [0.717, 1.165) is 11.1 Å². The number of imidazole rings is 1. The van der Waals surface area contributed by atoms with Crippen molar-refractivity contribution < 1.29 is 18.0 Å². The Labute approximate surface area is 165 Å². The minimum Gasteiger partial charge on any atom is -0.466 e. The van der Waals surface area contributed by atoms with Gasteiger partial charge in [-0.15, -0.1) is 0 Å². The molecule has 3 aromatic heterocycles. The van der Waals surface area contributed by atoms with Gasteiger partial charge in [0.25, 0.3) is 17.9 Å². The molecule has 0 unspecified atom stereocenters. The van der Waals surface area contributed by atoms with Crippen LogP contribution in [0.1, 0.15) is 35.9 Å². The third-order valence-corrected chi connectivity index (χ3v) is 4.37. The average Bonchev–Trinajstić information content (AvgIpc) is 3.21. The van der Waals surface area contributed by atoms with Crippen LogP contribution >= 0.6 is 0 Å². The van der Waals surface area contributed by atoms with Crippen molar-refractivity contribution in [3.63, 3.8) is 0 Å². The van der Waals surface area contributed by atoms with E-state index >= 15 is 0 Å². The van der Waals surface area contributed by atoms with E-state index in [-0.39, 0.29) is 11.3 Å². The first-order chi connectivity index (χ1) is 13.7. The van der Waals surface area contributed by atoms with Crippen molar-refractivity contribution in [2.75, 3.05) is 6.54 Å². The quantitative estimate of drug-likeness (QED) is 0.639. The second-order valence-corrected chi connectivity index (χ2v) is 7.00. The van der Waals surface area contributed by atoms with Gasteiger partial charge in [-0.05, 0) is 33.8 Å². The number of allylic oxidation sites excluding steroid dienone is 2. The second-order valence-electron chi connectivity index (χ2n) is 7.00. The Balaban J connectivity index is 2.17. The van der Waals surface area contributed by atoms with E-state index in [1.165, 1.54) is 10.6 Å². The van der Waals surface area contributed by atoms with Gasteiger partial charge in [-0.2, -0.15) is 0 Å². The maximum atomic E-state index is 13.1. The number of aryl methyl sites for hydroxylation is 2. The van der Waals surface area contributed by atoms with Crippen molar-refractivity contribution in [2.45, 2.75) is 40.7 Å². The zero-order valence-electron chi connectivity index (χ0n) is 16.6. The second kappa shape index (κ2) is 8.02. The Bertz CT molecular complexity index is 1150. The molecule has 9 heteroatoms. The number of hydrogen-bond acceptors (Lipinski definition) is 4. The molecule has 1 amide bonds. The molecule has 0 fully saturated rings. The molecule has 1 N–H and O–H groups in total. The van der Waals surface area contributed by atoms with E-state index in [1.54, 1.807) is 17.7 Å². The van der Waals surface area contributed by atoms with Crippen molar-refractivity contribution in [3.05, 3.63) is 57.7 Å². The summed E-state index contributed by atoms with van der Waals surface area (Å²) in [5, 5.41) is 2.09. The molecular formula is C20H22F2N4O3. The van der Waals surface area contributed by atoms with Crippen LogP contribution in [0.3, 0.4) is 0 Å². The molecule has 0 bridgehead atoms. The molecule has 3 aromatic rings. The lowest BCUT2D eigenvalue weighted by molar-refractivity contribution is 0.0887. The molecule has 0 aliphatic heterocycles. The van der Waals surface area contributed by atoms with Gasteiger partial charge >= 0.3 is 0 Å². The Morgan fingerprint density at radius 2 is 2.03 bits per heavy atom. The number of nitrogens with zero attached hydrogens (tertiary/aromatic N) is 3. The summed E-state index contributed by atoms with van der Waals surface area (Å²) in [6, 6.07) is 1.84. The van der Waals surface area contributed by atoms with Crippen LogP contribution < -0.4 is 10.9 Å². The highest BCUT2D eigenvalue weighted by atomic mass is 19.3. The summed E-state index contributed by atoms with van der Waals surface area (Å²) in [5.41, 5.74) is 1.93. The third-order valence-electron chi connectivity index (χ3n) is 4.37. The summed E-state index contributed by atoms with van der Waals surface area (Å²) in [5.74, 6) is 0.597. The van der Waals surface area contributed by atoms with Crippen molar-refractivity contribution >= 4 is 11.6 Å². The van der Waals surface area contributed by atoms with Crippen LogP contribution in [0.2, 0.25) is 0 Å². The number of aromatic nitrogens is 3. The topological polar surface area (TPSA) is 81.5 Å². The lowest BCUT2D eigenvalue weighted by Crippen LogP contribution is -2.28. The highest BCUT2D eigenvalue weighted by molar-refractivity contribution is 5.92. The molecular weight excluding hydrogens is 382 g/mol. The maximum absolute atomic E-state index is 13.1. The predicted octanol–water partition coefficient (Wildman–Crippen LogP) is 3.33. The number of amides is 1. The van der Waals surface area contributed by atoms with Crippen LogP contribution in [-0.2, 0) is 6.54 Å². The molecule has 0 saturated heterocycles. The van der Waals surface area contributed by atoms with Gasteiger partial charge in [0.2, 0.25) is 5.65 Å². The molecule has 0 atom stereocenters. The Kier molecular flexibility index (Phi) is 5.67. The van der Waals surface area contributed by atoms with Gasteiger partial charge < -0.3 is 9.73 Å². The number of rotatable bonds is 6. The van der Waals surface area contributed by atoms with Gasteiger partial charge in [-0.3, -0.25) is 18.6 Å². The summed E-state index contributed by atoms with van der Waals surface area (Å²) in [6.45, 7) is 7.01. The van der Waals surface area contributed by atoms with Crippen LogP contribution in [0.4, 0.5) is 8.78 Å². The van der Waals surface area contributed by atoms with Gasteiger partial charge in [-0.25, -0.2) is 13.8 Å². The first kappa shape index (κ1) is 20.5. The SMILES string of the molecule is CC(C)=CCn1c(-c2cc(C)oc2C)cn2cc(C(=O)NCC(F)F)nc2c1=O. The molecule has 154 valence electrons. The van der Waals surface area contributed by atoms with Crippen LogP contribution in [0.25, 0.3) is 16.9 Å². The van der Waals surface area contributed by atoms with E-state index in [9.17, 15) is 18.4 Å². The van der Waals surface area contributed by atoms with E-state index in [4.69, 9.17) is 4.42 Å². The molecule has 0 spiro atoms. The zero-order valence-corrected chi connectivity index (χ0v) is 16.6. The Morgan fingerprint density at radius 1 is 1.31 bits per heavy atom. The molecule has 0 aliphatic rings. The number of carbonyl (C=O) groups is 1. The largest absolute Gasteiger partial charge is 0.466 e. The van der Waals surface area contributed by atoms with E-state index in [0.29, 0.717) is 23.8 Å². The Morgan fingerprint density at radius 3 is 2.62 bits per heavy atom. The minimum atomic E-state index is -2.67. The summed E-state index contributed by atoms with van der Waals surface area (Å²) in [6.07, 6.45) is 2.28. The van der Waals surface area contributed by atoms with Crippen molar-refractivity contribution in [3.8, 4) is 11.3 Å². The monoisotopic (exact) mass is 404 g/mol. The minimum absolute atomic E-state index is 0.0379. The van der Waals surface area contributed by atoms with Crippen LogP contribution in [0.5, 0.6) is 0 Å². The summed E-state index contributed by atoms with van der Waals surface area (Å²) >= 11 is 0. The number of halogens is 2. The molecule has 7 nitrogen and oxygen atoms in total. The molecule has 29 heavy (non-hydrogen) atoms. The fourth-order valence-corrected chi connectivity index (χ4v) is 3.01. The van der Waals surface area contributed by atoms with Gasteiger partial charge in [0.15, 0.2) is 0 Å². The van der Waals surface area contributed by atoms with E-state index in [2.05, 4.69) is 10.3 Å². The number of nitrogens with one attached hydrogen (secondary N) is 1. The maximum Gasteiger partial charge on any atom is 0.295 e. The first-order valence-electron chi connectivity index (χ1n) is 9.07. The first-order valence-corrected chi connectivity index (χ1v) is 9.07. The summed E-state index contributed by atoms with van der Waals surface area (Å²) in [4.78, 5) is 29.3. The molecule has 0 aliphatic carbocycles. The fourth-order valence-electron chi connectivity index (χ4n) is 3.01. The zero-order chi connectivity index (χ0) is 21.3. The highest BCUT2D eigenvalue weighted by Crippen LogP contribution is 2.26. The Hall–Kier alpha value is -3.23. The summed E-state index contributed by atoms with van der Waals surface area (Å²) < 4.78 is 33.3. The normalized spacial score (nSPS) is 11.3. The fraction of sp³-hybridized carbons (Fsp3) is 0.350. The van der Waals surface area contributed by atoms with Gasteiger partial charge in [0, 0.05) is 24.5 Å². The van der Waals surface area contributed by atoms with Gasteiger partial charge in [0.05, 0.1) is 12.2 Å². The van der Waals surface area contributed by atoms with Crippen molar-refractivity contribution in [1.29, 1.82) is 0 Å².